The zero-order valence-electron chi connectivity index (χ0n) is 32.6. The third-order valence-electron chi connectivity index (χ3n) is 7.22. The number of benzene rings is 2. The Labute approximate surface area is 285 Å². The van der Waals surface area contributed by atoms with Gasteiger partial charge in [-0.05, 0) is 98.6 Å². The van der Waals surface area contributed by atoms with Crippen LogP contribution in [0.15, 0.2) is 24.3 Å². The Bertz CT molecular complexity index is 1240. The lowest BCUT2D eigenvalue weighted by atomic mass is 9.78. The second kappa shape index (κ2) is 13.8. The Balaban J connectivity index is 2.54. The molecule has 0 spiro atoms. The van der Waals surface area contributed by atoms with Crippen molar-refractivity contribution in [3.05, 3.63) is 57.6 Å². The van der Waals surface area contributed by atoms with Crippen molar-refractivity contribution in [1.82, 2.24) is 0 Å². The molecule has 2 rings (SSSR count). The molecule has 0 heterocycles. The first-order valence-electron chi connectivity index (χ1n) is 16.6. The molecule has 0 N–H and O–H groups in total. The van der Waals surface area contributed by atoms with Crippen LogP contribution in [0.1, 0.15) is 158 Å². The lowest BCUT2D eigenvalue weighted by Gasteiger charge is -2.31. The highest BCUT2D eigenvalue weighted by Gasteiger charge is 2.32. The van der Waals surface area contributed by atoms with Gasteiger partial charge in [0.1, 0.15) is 22.7 Å². The molecule has 7 nitrogen and oxygen atoms in total. The first-order valence-corrected chi connectivity index (χ1v) is 16.6. The minimum atomic E-state index is -0.721. The van der Waals surface area contributed by atoms with Crippen LogP contribution >= 0.6 is 0 Å². The molecular weight excluding hydrogens is 592 g/mol. The highest BCUT2D eigenvalue weighted by molar-refractivity contribution is 5.68. The summed E-state index contributed by atoms with van der Waals surface area (Å²) in [6.45, 7) is 36.8. The van der Waals surface area contributed by atoms with Gasteiger partial charge in [-0.15, -0.1) is 0 Å². The quantitative estimate of drug-likeness (QED) is 0.226. The molecule has 0 unspecified atom stereocenters. The van der Waals surface area contributed by atoms with Crippen LogP contribution in [0.5, 0.6) is 11.5 Å². The molecule has 0 bridgehead atoms. The van der Waals surface area contributed by atoms with Crippen molar-refractivity contribution in [3.8, 4) is 11.5 Å². The minimum absolute atomic E-state index is 0.319. The van der Waals surface area contributed by atoms with Gasteiger partial charge in [-0.1, -0.05) is 83.1 Å². The fraction of sp³-hybridized carbons (Fsp3) is 0.650. The Hall–Kier alpha value is -3.06. The minimum Gasteiger partial charge on any atom is -0.428 e. The molecule has 0 atom stereocenters. The van der Waals surface area contributed by atoms with E-state index in [0.717, 1.165) is 33.4 Å². The molecule has 264 valence electrons. The predicted octanol–water partition coefficient (Wildman–Crippen LogP) is 11.2. The second-order valence-corrected chi connectivity index (χ2v) is 18.7. The third-order valence-corrected chi connectivity index (χ3v) is 7.22. The summed E-state index contributed by atoms with van der Waals surface area (Å²) in [5.41, 5.74) is 2.96. The average molecular weight is 655 g/mol. The molecule has 0 aliphatic carbocycles. The van der Waals surface area contributed by atoms with Gasteiger partial charge in [0.05, 0.1) is 13.2 Å². The summed E-state index contributed by atoms with van der Waals surface area (Å²) < 4.78 is 29.3. The van der Waals surface area contributed by atoms with E-state index in [1.54, 1.807) is 0 Å². The van der Waals surface area contributed by atoms with Crippen molar-refractivity contribution < 1.29 is 33.3 Å². The topological polar surface area (TPSA) is 80.3 Å². The molecule has 0 aliphatic heterocycles. The summed E-state index contributed by atoms with van der Waals surface area (Å²) in [6.07, 6.45) is -1.44. The standard InChI is InChI=1S/C40H62O7/c1-35(2,3)27-19-25(20-28(36(4,5)6)31(27)44-33(41)46-39(13,14)15)23-43-24-26-21-29(37(7,8)9)32(30(22-26)38(10,11)12)45-34(42)47-40(16,17)18/h19-22H,23-24H2,1-18H3. The molecule has 0 saturated heterocycles. The summed E-state index contributed by atoms with van der Waals surface area (Å²) in [7, 11) is 0. The van der Waals surface area contributed by atoms with E-state index in [1.165, 1.54) is 0 Å². The Morgan fingerprint density at radius 2 is 0.681 bits per heavy atom. The van der Waals surface area contributed by atoms with Crippen LogP contribution in [-0.4, -0.2) is 23.5 Å². The maximum Gasteiger partial charge on any atom is 0.514 e. The molecule has 47 heavy (non-hydrogen) atoms. The maximum absolute atomic E-state index is 12.8. The molecule has 2 aromatic carbocycles. The first-order chi connectivity index (χ1) is 20.9. The van der Waals surface area contributed by atoms with Gasteiger partial charge in [0.25, 0.3) is 0 Å². The third kappa shape index (κ3) is 12.2. The first kappa shape index (κ1) is 40.1. The molecule has 2 aromatic rings. The van der Waals surface area contributed by atoms with Gasteiger partial charge in [-0.2, -0.15) is 0 Å². The SMILES string of the molecule is CC(C)(C)OC(=O)Oc1c(C(C)(C)C)cc(COCc2cc(C(C)(C)C)c(OC(=O)OC(C)(C)C)c(C(C)(C)C)c2)cc1C(C)(C)C. The van der Waals surface area contributed by atoms with Crippen molar-refractivity contribution in [3.63, 3.8) is 0 Å². The van der Waals surface area contributed by atoms with Gasteiger partial charge in [0.2, 0.25) is 0 Å². The number of carbonyl (C=O) groups is 2. The van der Waals surface area contributed by atoms with E-state index < -0.39 is 23.5 Å². The van der Waals surface area contributed by atoms with Gasteiger partial charge >= 0.3 is 12.3 Å². The van der Waals surface area contributed by atoms with Crippen molar-refractivity contribution in [2.75, 3.05) is 0 Å². The number of rotatable bonds is 6. The van der Waals surface area contributed by atoms with Crippen LogP contribution in [0.3, 0.4) is 0 Å². The molecule has 0 saturated carbocycles. The van der Waals surface area contributed by atoms with Crippen LogP contribution in [0.2, 0.25) is 0 Å². The van der Waals surface area contributed by atoms with E-state index in [0.29, 0.717) is 24.7 Å². The Kier molecular flexibility index (Phi) is 11.8. The summed E-state index contributed by atoms with van der Waals surface area (Å²) in [6, 6.07) is 8.25. The van der Waals surface area contributed by atoms with Gasteiger partial charge in [-0.3, -0.25) is 0 Å². The Morgan fingerprint density at radius 1 is 0.447 bits per heavy atom. The van der Waals surface area contributed by atoms with Crippen molar-refractivity contribution in [2.45, 2.75) is 171 Å². The van der Waals surface area contributed by atoms with Crippen molar-refractivity contribution >= 4 is 12.3 Å². The van der Waals surface area contributed by atoms with Gasteiger partial charge < -0.3 is 23.7 Å². The van der Waals surface area contributed by atoms with Crippen molar-refractivity contribution in [2.24, 2.45) is 0 Å². The zero-order valence-corrected chi connectivity index (χ0v) is 32.6. The zero-order chi connectivity index (χ0) is 36.6. The molecular formula is C40H62O7. The van der Waals surface area contributed by atoms with Gasteiger partial charge in [0, 0.05) is 22.3 Å². The van der Waals surface area contributed by atoms with Crippen LogP contribution in [-0.2, 0) is 49.1 Å². The van der Waals surface area contributed by atoms with Gasteiger partial charge in [-0.25, -0.2) is 9.59 Å². The van der Waals surface area contributed by atoms with E-state index in [2.05, 4.69) is 107 Å². The number of hydrogen-bond acceptors (Lipinski definition) is 7. The monoisotopic (exact) mass is 654 g/mol. The predicted molar refractivity (Wildman–Crippen MR) is 190 cm³/mol. The summed E-state index contributed by atoms with van der Waals surface area (Å²) in [5, 5.41) is 0. The molecule has 0 fully saturated rings. The second-order valence-electron chi connectivity index (χ2n) is 18.7. The fourth-order valence-corrected chi connectivity index (χ4v) is 4.99. The largest absolute Gasteiger partial charge is 0.514 e. The number of carbonyl (C=O) groups excluding carboxylic acids is 2. The van der Waals surface area contributed by atoms with E-state index in [1.807, 2.05) is 41.5 Å². The van der Waals surface area contributed by atoms with E-state index in [-0.39, 0.29) is 21.7 Å². The van der Waals surface area contributed by atoms with Crippen LogP contribution < -0.4 is 9.47 Å². The van der Waals surface area contributed by atoms with Crippen LogP contribution in [0.25, 0.3) is 0 Å². The van der Waals surface area contributed by atoms with E-state index in [4.69, 9.17) is 23.7 Å². The average Bonchev–Trinajstić information content (AvgIpc) is 2.80. The van der Waals surface area contributed by atoms with Crippen LogP contribution in [0, 0.1) is 0 Å². The lowest BCUT2D eigenvalue weighted by molar-refractivity contribution is 0.0185. The summed E-state index contributed by atoms with van der Waals surface area (Å²) in [5.74, 6) is 1.07. The molecule has 0 aliphatic rings. The normalized spacial score (nSPS) is 13.3. The highest BCUT2D eigenvalue weighted by atomic mass is 16.7. The van der Waals surface area contributed by atoms with E-state index >= 15 is 0 Å². The fourth-order valence-electron chi connectivity index (χ4n) is 4.99. The Morgan fingerprint density at radius 3 is 0.872 bits per heavy atom. The van der Waals surface area contributed by atoms with E-state index in [9.17, 15) is 9.59 Å². The maximum atomic E-state index is 12.8. The number of ether oxygens (including phenoxy) is 5. The van der Waals surface area contributed by atoms with Gasteiger partial charge in [0.15, 0.2) is 0 Å². The molecule has 7 heteroatoms. The highest BCUT2D eigenvalue weighted by Crippen LogP contribution is 2.43. The lowest BCUT2D eigenvalue weighted by Crippen LogP contribution is -2.28. The molecule has 0 aromatic heterocycles. The summed E-state index contributed by atoms with van der Waals surface area (Å²) >= 11 is 0. The summed E-state index contributed by atoms with van der Waals surface area (Å²) in [4.78, 5) is 25.7. The van der Waals surface area contributed by atoms with Crippen molar-refractivity contribution in [1.29, 1.82) is 0 Å². The van der Waals surface area contributed by atoms with Crippen LogP contribution in [0.4, 0.5) is 9.59 Å². The molecule has 0 amide bonds. The molecule has 0 radical (unpaired) electrons. The number of hydrogen-bond donors (Lipinski definition) is 0. The smallest absolute Gasteiger partial charge is 0.428 e.